The SMILES string of the molecule is C=CC(O)c1ccc2nccnc2c1. The molecule has 3 nitrogen and oxygen atoms in total. The number of hydrogen-bond donors (Lipinski definition) is 1. The number of aromatic nitrogens is 2. The highest BCUT2D eigenvalue weighted by atomic mass is 16.3. The lowest BCUT2D eigenvalue weighted by molar-refractivity contribution is 0.229. The van der Waals surface area contributed by atoms with Crippen molar-refractivity contribution in [3.05, 3.63) is 48.8 Å². The number of hydrogen-bond acceptors (Lipinski definition) is 3. The van der Waals surface area contributed by atoms with E-state index >= 15 is 0 Å². The van der Waals surface area contributed by atoms with Crippen LogP contribution < -0.4 is 0 Å². The van der Waals surface area contributed by atoms with Gasteiger partial charge in [-0.3, -0.25) is 9.97 Å². The molecule has 1 heterocycles. The van der Waals surface area contributed by atoms with Gasteiger partial charge in [0.15, 0.2) is 0 Å². The maximum Gasteiger partial charge on any atom is 0.0969 e. The van der Waals surface area contributed by atoms with E-state index in [1.54, 1.807) is 12.4 Å². The number of aliphatic hydroxyl groups excluding tert-OH is 1. The van der Waals surface area contributed by atoms with Crippen molar-refractivity contribution in [3.8, 4) is 0 Å². The van der Waals surface area contributed by atoms with Crippen LogP contribution in [0, 0.1) is 0 Å². The summed E-state index contributed by atoms with van der Waals surface area (Å²) in [7, 11) is 0. The highest BCUT2D eigenvalue weighted by Crippen LogP contribution is 2.17. The molecule has 2 rings (SSSR count). The molecule has 0 aliphatic heterocycles. The van der Waals surface area contributed by atoms with E-state index in [1.165, 1.54) is 6.08 Å². The van der Waals surface area contributed by atoms with Gasteiger partial charge in [-0.15, -0.1) is 6.58 Å². The van der Waals surface area contributed by atoms with Gasteiger partial charge in [0.2, 0.25) is 0 Å². The molecular formula is C11H10N2O. The van der Waals surface area contributed by atoms with Crippen molar-refractivity contribution in [1.29, 1.82) is 0 Å². The molecule has 0 amide bonds. The summed E-state index contributed by atoms with van der Waals surface area (Å²) in [6.07, 6.45) is 4.12. The van der Waals surface area contributed by atoms with E-state index in [1.807, 2.05) is 18.2 Å². The van der Waals surface area contributed by atoms with Crippen molar-refractivity contribution < 1.29 is 5.11 Å². The number of aliphatic hydroxyl groups is 1. The summed E-state index contributed by atoms with van der Waals surface area (Å²) in [6.45, 7) is 3.53. The molecular weight excluding hydrogens is 176 g/mol. The average Bonchev–Trinajstić information content (AvgIpc) is 2.27. The van der Waals surface area contributed by atoms with Crippen molar-refractivity contribution in [2.75, 3.05) is 0 Å². The predicted octanol–water partition coefficient (Wildman–Crippen LogP) is 1.85. The van der Waals surface area contributed by atoms with Crippen LogP contribution in [0.3, 0.4) is 0 Å². The fraction of sp³-hybridized carbons (Fsp3) is 0.0909. The second-order valence-electron chi connectivity index (χ2n) is 2.99. The molecule has 70 valence electrons. The highest BCUT2D eigenvalue weighted by Gasteiger charge is 2.03. The van der Waals surface area contributed by atoms with E-state index in [-0.39, 0.29) is 0 Å². The zero-order valence-corrected chi connectivity index (χ0v) is 7.59. The maximum atomic E-state index is 9.52. The van der Waals surface area contributed by atoms with Gasteiger partial charge >= 0.3 is 0 Å². The molecule has 0 saturated heterocycles. The minimum atomic E-state index is -0.638. The van der Waals surface area contributed by atoms with Gasteiger partial charge in [-0.25, -0.2) is 0 Å². The van der Waals surface area contributed by atoms with E-state index < -0.39 is 6.10 Å². The second kappa shape index (κ2) is 3.55. The molecule has 0 bridgehead atoms. The third-order valence-corrected chi connectivity index (χ3v) is 2.06. The quantitative estimate of drug-likeness (QED) is 0.728. The number of nitrogens with zero attached hydrogens (tertiary/aromatic N) is 2. The molecule has 3 heteroatoms. The standard InChI is InChI=1S/C11H10N2O/c1-2-11(14)8-3-4-9-10(7-8)13-6-5-12-9/h2-7,11,14H,1H2. The lowest BCUT2D eigenvalue weighted by Crippen LogP contribution is -1.93. The Balaban J connectivity index is 2.56. The lowest BCUT2D eigenvalue weighted by atomic mass is 10.1. The molecule has 14 heavy (non-hydrogen) atoms. The Morgan fingerprint density at radius 3 is 2.64 bits per heavy atom. The largest absolute Gasteiger partial charge is 0.384 e. The van der Waals surface area contributed by atoms with Gasteiger partial charge < -0.3 is 5.11 Å². The van der Waals surface area contributed by atoms with Crippen LogP contribution in [0.1, 0.15) is 11.7 Å². The summed E-state index contributed by atoms with van der Waals surface area (Å²) in [5, 5.41) is 9.52. The van der Waals surface area contributed by atoms with Gasteiger partial charge in [-0.05, 0) is 17.7 Å². The maximum absolute atomic E-state index is 9.52. The van der Waals surface area contributed by atoms with E-state index in [0.717, 1.165) is 16.6 Å². The first-order valence-electron chi connectivity index (χ1n) is 4.32. The smallest absolute Gasteiger partial charge is 0.0969 e. The zero-order chi connectivity index (χ0) is 9.97. The Morgan fingerprint density at radius 2 is 1.93 bits per heavy atom. The van der Waals surface area contributed by atoms with Crippen molar-refractivity contribution >= 4 is 11.0 Å². The van der Waals surface area contributed by atoms with Crippen LogP contribution in [0.25, 0.3) is 11.0 Å². The Labute approximate surface area is 81.8 Å². The molecule has 0 aliphatic rings. The fourth-order valence-corrected chi connectivity index (χ4v) is 1.30. The molecule has 0 radical (unpaired) electrons. The van der Waals surface area contributed by atoms with Crippen molar-refractivity contribution in [2.45, 2.75) is 6.10 Å². The van der Waals surface area contributed by atoms with Gasteiger partial charge in [0.1, 0.15) is 0 Å². The summed E-state index contributed by atoms with van der Waals surface area (Å²) in [6, 6.07) is 5.47. The monoisotopic (exact) mass is 186 g/mol. The topological polar surface area (TPSA) is 46.0 Å². The summed E-state index contributed by atoms with van der Waals surface area (Å²) in [5.74, 6) is 0. The Morgan fingerprint density at radius 1 is 1.21 bits per heavy atom. The van der Waals surface area contributed by atoms with Crippen molar-refractivity contribution in [1.82, 2.24) is 9.97 Å². The summed E-state index contributed by atoms with van der Waals surface area (Å²) < 4.78 is 0. The first-order chi connectivity index (χ1) is 6.81. The molecule has 1 atom stereocenters. The van der Waals surface area contributed by atoms with Gasteiger partial charge in [-0.1, -0.05) is 12.1 Å². The minimum absolute atomic E-state index is 0.638. The van der Waals surface area contributed by atoms with Gasteiger partial charge in [0, 0.05) is 12.4 Å². The highest BCUT2D eigenvalue weighted by molar-refractivity contribution is 5.74. The minimum Gasteiger partial charge on any atom is -0.384 e. The van der Waals surface area contributed by atoms with Gasteiger partial charge in [0.25, 0.3) is 0 Å². The molecule has 2 aromatic rings. The predicted molar refractivity (Wildman–Crippen MR) is 54.7 cm³/mol. The van der Waals surface area contributed by atoms with Gasteiger partial charge in [0.05, 0.1) is 17.1 Å². The summed E-state index contributed by atoms with van der Waals surface area (Å²) in [4.78, 5) is 8.29. The fourth-order valence-electron chi connectivity index (χ4n) is 1.30. The van der Waals surface area contributed by atoms with Gasteiger partial charge in [-0.2, -0.15) is 0 Å². The molecule has 1 aromatic carbocycles. The molecule has 0 aliphatic carbocycles. The molecule has 1 aromatic heterocycles. The first-order valence-corrected chi connectivity index (χ1v) is 4.32. The van der Waals surface area contributed by atoms with Crippen LogP contribution in [0.15, 0.2) is 43.2 Å². The molecule has 0 saturated carbocycles. The third kappa shape index (κ3) is 1.49. The van der Waals surface area contributed by atoms with Crippen LogP contribution in [0.2, 0.25) is 0 Å². The summed E-state index contributed by atoms with van der Waals surface area (Å²) >= 11 is 0. The molecule has 1 N–H and O–H groups in total. The first kappa shape index (κ1) is 8.84. The Kier molecular flexibility index (Phi) is 2.24. The van der Waals surface area contributed by atoms with Crippen LogP contribution in [0.4, 0.5) is 0 Å². The van der Waals surface area contributed by atoms with E-state index in [0.29, 0.717) is 0 Å². The number of benzene rings is 1. The van der Waals surface area contributed by atoms with Crippen LogP contribution in [-0.4, -0.2) is 15.1 Å². The van der Waals surface area contributed by atoms with Crippen molar-refractivity contribution in [2.24, 2.45) is 0 Å². The van der Waals surface area contributed by atoms with E-state index in [2.05, 4.69) is 16.5 Å². The molecule has 1 unspecified atom stereocenters. The third-order valence-electron chi connectivity index (χ3n) is 2.06. The average molecular weight is 186 g/mol. The summed E-state index contributed by atoms with van der Waals surface area (Å²) in [5.41, 5.74) is 2.39. The Hall–Kier alpha value is -1.74. The zero-order valence-electron chi connectivity index (χ0n) is 7.59. The van der Waals surface area contributed by atoms with Crippen LogP contribution in [-0.2, 0) is 0 Å². The lowest BCUT2D eigenvalue weighted by Gasteiger charge is -2.05. The van der Waals surface area contributed by atoms with Crippen molar-refractivity contribution in [3.63, 3.8) is 0 Å². The number of rotatable bonds is 2. The Bertz CT molecular complexity index is 468. The van der Waals surface area contributed by atoms with Crippen LogP contribution >= 0.6 is 0 Å². The van der Waals surface area contributed by atoms with E-state index in [4.69, 9.17) is 0 Å². The normalized spacial score (nSPS) is 12.6. The molecule has 0 spiro atoms. The number of fused-ring (bicyclic) bond motifs is 1. The van der Waals surface area contributed by atoms with E-state index in [9.17, 15) is 5.11 Å². The molecule has 0 fully saturated rings. The second-order valence-corrected chi connectivity index (χ2v) is 2.99. The van der Waals surface area contributed by atoms with Crippen LogP contribution in [0.5, 0.6) is 0 Å².